The first-order valence-corrected chi connectivity index (χ1v) is 10.4. The molecule has 0 saturated carbocycles. The van der Waals surface area contributed by atoms with E-state index in [4.69, 9.17) is 4.42 Å². The third kappa shape index (κ3) is 5.01. The van der Waals surface area contributed by atoms with E-state index in [2.05, 4.69) is 20.8 Å². The number of carbonyl (C=O) groups excluding carboxylic acids is 2. The van der Waals surface area contributed by atoms with Crippen molar-refractivity contribution in [3.05, 3.63) is 73.0 Å². The van der Waals surface area contributed by atoms with Crippen molar-refractivity contribution in [2.45, 2.75) is 12.1 Å². The number of amides is 2. The maximum atomic E-state index is 12.5. The van der Waals surface area contributed by atoms with E-state index in [1.165, 1.54) is 18.7 Å². The Kier molecular flexibility index (Phi) is 6.13. The van der Waals surface area contributed by atoms with Crippen LogP contribution in [0.25, 0.3) is 17.3 Å². The molecule has 2 aromatic heterocycles. The lowest BCUT2D eigenvalue weighted by atomic mass is 10.2. The lowest BCUT2D eigenvalue weighted by Crippen LogP contribution is -2.15. The van der Waals surface area contributed by atoms with Crippen LogP contribution in [-0.4, -0.2) is 32.3 Å². The topological polar surface area (TPSA) is 102 Å². The highest BCUT2D eigenvalue weighted by Crippen LogP contribution is 2.28. The molecule has 0 spiro atoms. The molecule has 0 aliphatic rings. The van der Waals surface area contributed by atoms with Crippen LogP contribution in [0.1, 0.15) is 6.92 Å². The molecule has 2 N–H and O–H groups in total. The zero-order chi connectivity index (χ0) is 21.6. The lowest BCUT2D eigenvalue weighted by molar-refractivity contribution is -0.114. The molecule has 0 unspecified atom stereocenters. The van der Waals surface area contributed by atoms with Gasteiger partial charge >= 0.3 is 0 Å². The number of aromatic nitrogens is 3. The summed E-state index contributed by atoms with van der Waals surface area (Å²) in [6, 6.07) is 20.2. The molecule has 31 heavy (non-hydrogen) atoms. The maximum Gasteiger partial charge on any atom is 0.234 e. The minimum Gasteiger partial charge on any atom is -0.461 e. The molecule has 2 heterocycles. The van der Waals surface area contributed by atoms with Gasteiger partial charge in [0.25, 0.3) is 0 Å². The Morgan fingerprint density at radius 1 is 0.968 bits per heavy atom. The predicted molar refractivity (Wildman–Crippen MR) is 119 cm³/mol. The zero-order valence-electron chi connectivity index (χ0n) is 16.6. The van der Waals surface area contributed by atoms with E-state index in [1.807, 2.05) is 41.0 Å². The number of furan rings is 1. The highest BCUT2D eigenvalue weighted by atomic mass is 32.2. The average Bonchev–Trinajstić information content (AvgIpc) is 3.42. The Hall–Kier alpha value is -3.85. The molecule has 0 fully saturated rings. The van der Waals surface area contributed by atoms with E-state index in [0.717, 1.165) is 5.69 Å². The van der Waals surface area contributed by atoms with Gasteiger partial charge in [-0.3, -0.25) is 14.2 Å². The summed E-state index contributed by atoms with van der Waals surface area (Å²) in [6.45, 7) is 1.43. The molecule has 0 saturated heterocycles. The summed E-state index contributed by atoms with van der Waals surface area (Å²) in [5.41, 5.74) is 2.08. The Labute approximate surface area is 182 Å². The third-order valence-corrected chi connectivity index (χ3v) is 5.12. The largest absolute Gasteiger partial charge is 0.461 e. The SMILES string of the molecule is CC(=O)Nc1cccc(NC(=O)CSc2nnc(-c3ccco3)n2-c2ccccc2)c1. The number of carbonyl (C=O) groups is 2. The number of nitrogens with one attached hydrogen (secondary N) is 2. The highest BCUT2D eigenvalue weighted by Gasteiger charge is 2.18. The van der Waals surface area contributed by atoms with E-state index >= 15 is 0 Å². The average molecular weight is 433 g/mol. The number of anilines is 2. The van der Waals surface area contributed by atoms with Gasteiger partial charge in [0.05, 0.1) is 12.0 Å². The Morgan fingerprint density at radius 2 is 1.74 bits per heavy atom. The minimum absolute atomic E-state index is 0.132. The van der Waals surface area contributed by atoms with Crippen molar-refractivity contribution < 1.29 is 14.0 Å². The Bertz CT molecular complexity index is 1190. The number of para-hydroxylation sites is 1. The molecule has 0 aliphatic heterocycles. The summed E-state index contributed by atoms with van der Waals surface area (Å²) < 4.78 is 7.35. The smallest absolute Gasteiger partial charge is 0.234 e. The fourth-order valence-electron chi connectivity index (χ4n) is 2.94. The van der Waals surface area contributed by atoms with Gasteiger partial charge in [0, 0.05) is 24.0 Å². The molecule has 0 bridgehead atoms. The summed E-state index contributed by atoms with van der Waals surface area (Å²) in [6.07, 6.45) is 1.58. The molecule has 2 aromatic carbocycles. The summed E-state index contributed by atoms with van der Waals surface area (Å²) in [4.78, 5) is 23.7. The molecule has 0 aliphatic carbocycles. The molecule has 4 aromatic rings. The first-order valence-electron chi connectivity index (χ1n) is 9.45. The minimum atomic E-state index is -0.202. The first-order chi connectivity index (χ1) is 15.1. The van der Waals surface area contributed by atoms with Crippen LogP contribution in [0.2, 0.25) is 0 Å². The molecular weight excluding hydrogens is 414 g/mol. The number of benzene rings is 2. The Morgan fingerprint density at radius 3 is 2.45 bits per heavy atom. The van der Waals surface area contributed by atoms with Crippen molar-refractivity contribution >= 4 is 35.0 Å². The maximum absolute atomic E-state index is 12.5. The molecule has 8 nitrogen and oxygen atoms in total. The second kappa shape index (κ2) is 9.31. The van der Waals surface area contributed by atoms with Crippen molar-refractivity contribution in [3.8, 4) is 17.3 Å². The Balaban J connectivity index is 1.50. The fraction of sp³-hybridized carbons (Fsp3) is 0.0909. The first kappa shape index (κ1) is 20.4. The lowest BCUT2D eigenvalue weighted by Gasteiger charge is -2.10. The van der Waals surface area contributed by atoms with E-state index in [9.17, 15) is 9.59 Å². The fourth-order valence-corrected chi connectivity index (χ4v) is 3.70. The van der Waals surface area contributed by atoms with Crippen LogP contribution < -0.4 is 10.6 Å². The molecule has 0 atom stereocenters. The molecule has 2 amide bonds. The third-order valence-electron chi connectivity index (χ3n) is 4.19. The number of hydrogen-bond acceptors (Lipinski definition) is 6. The predicted octanol–water partition coefficient (Wildman–Crippen LogP) is 4.22. The molecule has 9 heteroatoms. The van der Waals surface area contributed by atoms with Gasteiger partial charge in [0.2, 0.25) is 17.6 Å². The molecular formula is C22H19N5O3S. The van der Waals surface area contributed by atoms with Gasteiger partial charge in [-0.25, -0.2) is 0 Å². The van der Waals surface area contributed by atoms with Crippen LogP contribution in [0.5, 0.6) is 0 Å². The monoisotopic (exact) mass is 433 g/mol. The van der Waals surface area contributed by atoms with Crippen molar-refractivity contribution in [1.82, 2.24) is 14.8 Å². The van der Waals surface area contributed by atoms with Gasteiger partial charge in [-0.05, 0) is 42.5 Å². The van der Waals surface area contributed by atoms with Crippen molar-refractivity contribution in [2.75, 3.05) is 16.4 Å². The summed E-state index contributed by atoms with van der Waals surface area (Å²) in [5, 5.41) is 14.6. The second-order valence-electron chi connectivity index (χ2n) is 6.55. The summed E-state index contributed by atoms with van der Waals surface area (Å²) in [5.74, 6) is 0.899. The van der Waals surface area contributed by atoms with E-state index in [-0.39, 0.29) is 17.6 Å². The van der Waals surface area contributed by atoms with E-state index < -0.39 is 0 Å². The van der Waals surface area contributed by atoms with E-state index in [0.29, 0.717) is 28.1 Å². The normalized spacial score (nSPS) is 10.6. The van der Waals surface area contributed by atoms with Gasteiger partial charge in [-0.15, -0.1) is 10.2 Å². The summed E-state index contributed by atoms with van der Waals surface area (Å²) >= 11 is 1.27. The van der Waals surface area contributed by atoms with Gasteiger partial charge in [-0.1, -0.05) is 36.0 Å². The van der Waals surface area contributed by atoms with E-state index in [1.54, 1.807) is 36.6 Å². The standard InChI is InChI=1S/C22H19N5O3S/c1-15(28)23-16-7-5-8-17(13-16)24-20(29)14-31-22-26-25-21(19-11-6-12-30-19)27(22)18-9-3-2-4-10-18/h2-13H,14H2,1H3,(H,23,28)(H,24,29). The van der Waals surface area contributed by atoms with Crippen molar-refractivity contribution in [1.29, 1.82) is 0 Å². The number of hydrogen-bond donors (Lipinski definition) is 2. The molecule has 156 valence electrons. The highest BCUT2D eigenvalue weighted by molar-refractivity contribution is 7.99. The van der Waals surface area contributed by atoms with Gasteiger partial charge < -0.3 is 15.1 Å². The van der Waals surface area contributed by atoms with Crippen molar-refractivity contribution in [2.24, 2.45) is 0 Å². The van der Waals surface area contributed by atoms with Crippen LogP contribution in [0, 0.1) is 0 Å². The van der Waals surface area contributed by atoms with Crippen LogP contribution >= 0.6 is 11.8 Å². The van der Waals surface area contributed by atoms with Crippen molar-refractivity contribution in [3.63, 3.8) is 0 Å². The second-order valence-corrected chi connectivity index (χ2v) is 7.50. The zero-order valence-corrected chi connectivity index (χ0v) is 17.4. The van der Waals surface area contributed by atoms with Crippen LogP contribution in [-0.2, 0) is 9.59 Å². The van der Waals surface area contributed by atoms with Gasteiger partial charge in [-0.2, -0.15) is 0 Å². The van der Waals surface area contributed by atoms with Crippen LogP contribution in [0.15, 0.2) is 82.6 Å². The quantitative estimate of drug-likeness (QED) is 0.423. The van der Waals surface area contributed by atoms with Gasteiger partial charge in [0.15, 0.2) is 10.9 Å². The number of nitrogens with zero attached hydrogens (tertiary/aromatic N) is 3. The number of thioether (sulfide) groups is 1. The van der Waals surface area contributed by atoms with Crippen LogP contribution in [0.4, 0.5) is 11.4 Å². The van der Waals surface area contributed by atoms with Crippen LogP contribution in [0.3, 0.4) is 0 Å². The number of rotatable bonds is 7. The van der Waals surface area contributed by atoms with Gasteiger partial charge in [0.1, 0.15) is 0 Å². The molecule has 4 rings (SSSR count). The molecule has 0 radical (unpaired) electrons. The summed E-state index contributed by atoms with van der Waals surface area (Å²) in [7, 11) is 0.